The molecule has 2 nitrogen and oxygen atoms in total. The van der Waals surface area contributed by atoms with Crippen molar-refractivity contribution in [1.29, 1.82) is 0 Å². The molecule has 3 unspecified atom stereocenters. The standard InChI is InChI=1S/C9H11BrO2/c10-8-3-1-2-7-6(8)4-5-12-9(7)11/h4-8H,1-3H2. The quantitative estimate of drug-likeness (QED) is 0.472. The third kappa shape index (κ3) is 1.30. The van der Waals surface area contributed by atoms with E-state index in [2.05, 4.69) is 15.9 Å². The van der Waals surface area contributed by atoms with Gasteiger partial charge in [-0.1, -0.05) is 22.4 Å². The van der Waals surface area contributed by atoms with E-state index in [9.17, 15) is 4.79 Å². The molecule has 0 saturated heterocycles. The van der Waals surface area contributed by atoms with Crippen LogP contribution in [0.3, 0.4) is 0 Å². The van der Waals surface area contributed by atoms with E-state index in [4.69, 9.17) is 4.74 Å². The van der Waals surface area contributed by atoms with Gasteiger partial charge in [-0.2, -0.15) is 0 Å². The first-order valence-corrected chi connectivity index (χ1v) is 5.22. The summed E-state index contributed by atoms with van der Waals surface area (Å²) in [6.07, 6.45) is 6.81. The predicted molar refractivity (Wildman–Crippen MR) is 48.8 cm³/mol. The minimum absolute atomic E-state index is 0.0494. The maximum Gasteiger partial charge on any atom is 0.314 e. The largest absolute Gasteiger partial charge is 0.435 e. The molecule has 0 amide bonds. The van der Waals surface area contributed by atoms with Crippen molar-refractivity contribution in [2.24, 2.45) is 11.8 Å². The van der Waals surface area contributed by atoms with Gasteiger partial charge in [-0.05, 0) is 18.9 Å². The van der Waals surface area contributed by atoms with Gasteiger partial charge in [-0.3, -0.25) is 4.79 Å². The van der Waals surface area contributed by atoms with Gasteiger partial charge in [0.15, 0.2) is 0 Å². The molecule has 66 valence electrons. The number of hydrogen-bond acceptors (Lipinski definition) is 2. The van der Waals surface area contributed by atoms with E-state index < -0.39 is 0 Å². The molecule has 1 heterocycles. The Labute approximate surface area is 80.1 Å². The number of carbonyl (C=O) groups excluding carboxylic acids is 1. The molecule has 0 aromatic rings. The van der Waals surface area contributed by atoms with Crippen LogP contribution >= 0.6 is 15.9 Å². The van der Waals surface area contributed by atoms with Gasteiger partial charge in [0.25, 0.3) is 0 Å². The van der Waals surface area contributed by atoms with Gasteiger partial charge in [-0.25, -0.2) is 0 Å². The van der Waals surface area contributed by atoms with Gasteiger partial charge >= 0.3 is 5.97 Å². The van der Waals surface area contributed by atoms with E-state index in [1.165, 1.54) is 12.7 Å². The van der Waals surface area contributed by atoms with Crippen molar-refractivity contribution in [2.75, 3.05) is 0 Å². The number of carbonyl (C=O) groups is 1. The van der Waals surface area contributed by atoms with Crippen LogP contribution in [0.25, 0.3) is 0 Å². The third-order valence-electron chi connectivity index (χ3n) is 2.67. The van der Waals surface area contributed by atoms with Crippen molar-refractivity contribution in [3.05, 3.63) is 12.3 Å². The fourth-order valence-electron chi connectivity index (χ4n) is 1.98. The molecule has 0 N–H and O–H groups in total. The van der Waals surface area contributed by atoms with Gasteiger partial charge in [0.1, 0.15) is 0 Å². The summed E-state index contributed by atoms with van der Waals surface area (Å²) in [5.74, 6) is 0.416. The van der Waals surface area contributed by atoms with Crippen molar-refractivity contribution in [3.8, 4) is 0 Å². The monoisotopic (exact) mass is 230 g/mol. The van der Waals surface area contributed by atoms with Gasteiger partial charge in [-0.15, -0.1) is 0 Å². The Hall–Kier alpha value is -0.310. The van der Waals surface area contributed by atoms with Crippen LogP contribution in [-0.4, -0.2) is 10.8 Å². The summed E-state index contributed by atoms with van der Waals surface area (Å²) in [5.41, 5.74) is 0. The molecule has 3 heteroatoms. The van der Waals surface area contributed by atoms with Crippen LogP contribution < -0.4 is 0 Å². The molecule has 0 spiro atoms. The summed E-state index contributed by atoms with van der Waals surface area (Å²) in [4.78, 5) is 11.7. The molecule has 0 radical (unpaired) electrons. The SMILES string of the molecule is O=C1OC=CC2C(Br)CCCC12. The fraction of sp³-hybridized carbons (Fsp3) is 0.667. The molecule has 0 aromatic carbocycles. The molecule has 3 atom stereocenters. The normalized spacial score (nSPS) is 40.4. The topological polar surface area (TPSA) is 26.3 Å². The highest BCUT2D eigenvalue weighted by atomic mass is 79.9. The second-order valence-corrected chi connectivity index (χ2v) is 4.57. The van der Waals surface area contributed by atoms with Crippen LogP contribution in [0.2, 0.25) is 0 Å². The zero-order chi connectivity index (χ0) is 8.55. The minimum atomic E-state index is -0.0494. The molecular weight excluding hydrogens is 220 g/mol. The lowest BCUT2D eigenvalue weighted by Gasteiger charge is -2.33. The molecular formula is C9H11BrO2. The first kappa shape index (κ1) is 8.30. The summed E-state index contributed by atoms with van der Waals surface area (Å²) in [7, 11) is 0. The van der Waals surface area contributed by atoms with E-state index in [1.807, 2.05) is 6.08 Å². The van der Waals surface area contributed by atoms with E-state index in [0.717, 1.165) is 12.8 Å². The number of alkyl halides is 1. The lowest BCUT2D eigenvalue weighted by atomic mass is 9.78. The van der Waals surface area contributed by atoms with Gasteiger partial charge in [0.05, 0.1) is 12.2 Å². The summed E-state index contributed by atoms with van der Waals surface area (Å²) in [6.45, 7) is 0. The maximum atomic E-state index is 11.3. The Morgan fingerprint density at radius 2 is 2.33 bits per heavy atom. The molecule has 0 aromatic heterocycles. The average Bonchev–Trinajstić information content (AvgIpc) is 2.07. The summed E-state index contributed by atoms with van der Waals surface area (Å²) < 4.78 is 4.86. The van der Waals surface area contributed by atoms with Crippen LogP contribution in [0.4, 0.5) is 0 Å². The second kappa shape index (κ2) is 3.21. The lowest BCUT2D eigenvalue weighted by molar-refractivity contribution is -0.146. The number of fused-ring (bicyclic) bond motifs is 1. The molecule has 2 aliphatic rings. The fourth-order valence-corrected chi connectivity index (χ4v) is 2.85. The van der Waals surface area contributed by atoms with E-state index >= 15 is 0 Å². The van der Waals surface area contributed by atoms with Gasteiger partial charge in [0.2, 0.25) is 0 Å². The lowest BCUT2D eigenvalue weighted by Crippen LogP contribution is -2.35. The average molecular weight is 231 g/mol. The minimum Gasteiger partial charge on any atom is -0.435 e. The predicted octanol–water partition coefficient (Wildman–Crippen LogP) is 2.24. The Kier molecular flexibility index (Phi) is 2.22. The number of esters is 1. The zero-order valence-corrected chi connectivity index (χ0v) is 8.29. The van der Waals surface area contributed by atoms with Crippen LogP contribution in [0.1, 0.15) is 19.3 Å². The van der Waals surface area contributed by atoms with Crippen LogP contribution in [0.5, 0.6) is 0 Å². The number of ether oxygens (including phenoxy) is 1. The van der Waals surface area contributed by atoms with Crippen LogP contribution in [0, 0.1) is 11.8 Å². The highest BCUT2D eigenvalue weighted by Gasteiger charge is 2.37. The van der Waals surface area contributed by atoms with E-state index in [1.54, 1.807) is 0 Å². The maximum absolute atomic E-state index is 11.3. The van der Waals surface area contributed by atoms with Crippen molar-refractivity contribution in [3.63, 3.8) is 0 Å². The molecule has 2 rings (SSSR count). The molecule has 12 heavy (non-hydrogen) atoms. The van der Waals surface area contributed by atoms with Gasteiger partial charge in [0, 0.05) is 10.7 Å². The van der Waals surface area contributed by atoms with Crippen molar-refractivity contribution >= 4 is 21.9 Å². The van der Waals surface area contributed by atoms with Gasteiger partial charge < -0.3 is 4.74 Å². The summed E-state index contributed by atoms with van der Waals surface area (Å²) in [6, 6.07) is 0. The zero-order valence-electron chi connectivity index (χ0n) is 6.70. The smallest absolute Gasteiger partial charge is 0.314 e. The molecule has 1 saturated carbocycles. The van der Waals surface area contributed by atoms with Crippen molar-refractivity contribution in [1.82, 2.24) is 0 Å². The summed E-state index contributed by atoms with van der Waals surface area (Å²) >= 11 is 3.60. The Balaban J connectivity index is 2.20. The third-order valence-corrected chi connectivity index (χ3v) is 3.73. The Morgan fingerprint density at radius 3 is 3.08 bits per heavy atom. The number of cyclic esters (lactones) is 1. The highest BCUT2D eigenvalue weighted by molar-refractivity contribution is 9.09. The number of halogens is 1. The molecule has 0 bridgehead atoms. The Morgan fingerprint density at radius 1 is 1.50 bits per heavy atom. The number of allylic oxidation sites excluding steroid dienone is 1. The first-order chi connectivity index (χ1) is 5.79. The van der Waals surface area contributed by atoms with E-state index in [-0.39, 0.29) is 11.9 Å². The Bertz CT molecular complexity index is 225. The molecule has 1 aliphatic carbocycles. The molecule has 1 fully saturated rings. The van der Waals surface area contributed by atoms with Crippen molar-refractivity contribution in [2.45, 2.75) is 24.1 Å². The van der Waals surface area contributed by atoms with Crippen LogP contribution in [-0.2, 0) is 9.53 Å². The second-order valence-electron chi connectivity index (χ2n) is 3.40. The van der Waals surface area contributed by atoms with Crippen molar-refractivity contribution < 1.29 is 9.53 Å². The van der Waals surface area contributed by atoms with E-state index in [0.29, 0.717) is 10.7 Å². The number of rotatable bonds is 0. The first-order valence-electron chi connectivity index (χ1n) is 4.30. The molecule has 1 aliphatic heterocycles. The number of hydrogen-bond donors (Lipinski definition) is 0. The summed E-state index contributed by atoms with van der Waals surface area (Å²) in [5, 5.41) is 0. The highest BCUT2D eigenvalue weighted by Crippen LogP contribution is 2.38. The van der Waals surface area contributed by atoms with Crippen LogP contribution in [0.15, 0.2) is 12.3 Å².